The van der Waals surface area contributed by atoms with Crippen molar-refractivity contribution < 1.29 is 4.79 Å². The molecule has 3 nitrogen and oxygen atoms in total. The fourth-order valence-corrected chi connectivity index (χ4v) is 3.47. The average Bonchev–Trinajstić information content (AvgIpc) is 2.45. The molecule has 2 rings (SSSR count). The molecule has 0 bridgehead atoms. The van der Waals surface area contributed by atoms with Crippen molar-refractivity contribution in [2.75, 3.05) is 12.3 Å². The third-order valence-corrected chi connectivity index (χ3v) is 4.59. The van der Waals surface area contributed by atoms with Crippen LogP contribution < -0.4 is 10.6 Å². The van der Waals surface area contributed by atoms with Crippen LogP contribution >= 0.6 is 11.8 Å². The molecule has 0 fully saturated rings. The lowest BCUT2D eigenvalue weighted by Crippen LogP contribution is -2.45. The summed E-state index contributed by atoms with van der Waals surface area (Å²) in [6.45, 7) is 6.89. The van der Waals surface area contributed by atoms with Gasteiger partial charge in [0.2, 0.25) is 5.91 Å². The van der Waals surface area contributed by atoms with Gasteiger partial charge in [-0.3, -0.25) is 10.1 Å². The van der Waals surface area contributed by atoms with E-state index in [1.807, 2.05) is 18.7 Å². The molecule has 1 aliphatic rings. The summed E-state index contributed by atoms with van der Waals surface area (Å²) >= 11 is 1.92. The lowest BCUT2D eigenvalue weighted by molar-refractivity contribution is -0.123. The average molecular weight is 292 g/mol. The molecule has 1 aliphatic heterocycles. The highest BCUT2D eigenvalue weighted by atomic mass is 32.2. The maximum absolute atomic E-state index is 12.1. The van der Waals surface area contributed by atoms with Crippen molar-refractivity contribution >= 4 is 17.7 Å². The molecule has 0 aliphatic carbocycles. The molecule has 1 amide bonds. The number of carbonyl (C=O) groups excluding carboxylic acids is 1. The summed E-state index contributed by atoms with van der Waals surface area (Å²) in [6.07, 6.45) is 0. The van der Waals surface area contributed by atoms with Crippen molar-refractivity contribution in [3.63, 3.8) is 0 Å². The van der Waals surface area contributed by atoms with Gasteiger partial charge in [0.05, 0.1) is 6.04 Å². The van der Waals surface area contributed by atoms with Crippen LogP contribution in [-0.2, 0) is 10.5 Å². The molecule has 2 N–H and O–H groups in total. The van der Waals surface area contributed by atoms with E-state index in [9.17, 15) is 4.79 Å². The normalized spacial score (nSPS) is 19.5. The van der Waals surface area contributed by atoms with Gasteiger partial charge in [-0.25, -0.2) is 0 Å². The van der Waals surface area contributed by atoms with E-state index in [1.54, 1.807) is 0 Å². The number of rotatable bonds is 5. The lowest BCUT2D eigenvalue weighted by Gasteiger charge is -2.28. The molecule has 1 aromatic carbocycles. The van der Waals surface area contributed by atoms with Crippen LogP contribution in [0.15, 0.2) is 24.3 Å². The number of amides is 1. The van der Waals surface area contributed by atoms with Gasteiger partial charge < -0.3 is 5.32 Å². The predicted molar refractivity (Wildman–Crippen MR) is 85.8 cm³/mol. The van der Waals surface area contributed by atoms with Crippen molar-refractivity contribution in [3.05, 3.63) is 35.4 Å². The highest BCUT2D eigenvalue weighted by Crippen LogP contribution is 2.31. The molecule has 1 aromatic rings. The van der Waals surface area contributed by atoms with Crippen LogP contribution in [0.5, 0.6) is 0 Å². The number of hydrogen-bond acceptors (Lipinski definition) is 3. The molecule has 2 atom stereocenters. The summed E-state index contributed by atoms with van der Waals surface area (Å²) in [5.41, 5.74) is 2.73. The van der Waals surface area contributed by atoms with Crippen LogP contribution in [0, 0.1) is 5.92 Å². The van der Waals surface area contributed by atoms with Gasteiger partial charge in [-0.2, -0.15) is 11.8 Å². The third kappa shape index (κ3) is 4.00. The maximum atomic E-state index is 12.1. The molecule has 110 valence electrons. The van der Waals surface area contributed by atoms with E-state index in [1.165, 1.54) is 11.1 Å². The van der Waals surface area contributed by atoms with Crippen molar-refractivity contribution in [2.24, 2.45) is 5.92 Å². The molecule has 0 radical (unpaired) electrons. The molecule has 20 heavy (non-hydrogen) atoms. The second-order valence-electron chi connectivity index (χ2n) is 5.79. The van der Waals surface area contributed by atoms with E-state index in [-0.39, 0.29) is 18.0 Å². The SMILES string of the molecule is CC(C)CNC(=O)C(C)NC1CSCc2ccccc21. The van der Waals surface area contributed by atoms with Gasteiger partial charge in [-0.05, 0) is 24.0 Å². The van der Waals surface area contributed by atoms with E-state index in [0.717, 1.165) is 18.1 Å². The Bertz CT molecular complexity index is 462. The number of hydrogen-bond donors (Lipinski definition) is 2. The van der Waals surface area contributed by atoms with Crippen LogP contribution in [-0.4, -0.2) is 24.2 Å². The topological polar surface area (TPSA) is 41.1 Å². The fourth-order valence-electron chi connectivity index (χ4n) is 2.36. The van der Waals surface area contributed by atoms with Crippen molar-refractivity contribution in [1.82, 2.24) is 10.6 Å². The molecule has 0 aromatic heterocycles. The minimum absolute atomic E-state index is 0.0896. The number of benzene rings is 1. The standard InChI is InChI=1S/C16H24N2OS/c1-11(2)8-17-16(19)12(3)18-15-10-20-9-13-6-4-5-7-14(13)15/h4-7,11-12,15,18H,8-10H2,1-3H3,(H,17,19). The summed E-state index contributed by atoms with van der Waals surface area (Å²) in [5.74, 6) is 2.67. The molecule has 4 heteroatoms. The van der Waals surface area contributed by atoms with E-state index in [0.29, 0.717) is 5.92 Å². The van der Waals surface area contributed by atoms with Gasteiger partial charge in [0.1, 0.15) is 0 Å². The van der Waals surface area contributed by atoms with Gasteiger partial charge in [0.25, 0.3) is 0 Å². The largest absolute Gasteiger partial charge is 0.354 e. The number of fused-ring (bicyclic) bond motifs is 1. The number of thioether (sulfide) groups is 1. The van der Waals surface area contributed by atoms with E-state index in [2.05, 4.69) is 48.7 Å². The molecule has 0 spiro atoms. The second-order valence-corrected chi connectivity index (χ2v) is 6.82. The Hall–Kier alpha value is -1.00. The first-order chi connectivity index (χ1) is 9.58. The van der Waals surface area contributed by atoms with E-state index in [4.69, 9.17) is 0 Å². The van der Waals surface area contributed by atoms with E-state index >= 15 is 0 Å². The molecular formula is C16H24N2OS. The van der Waals surface area contributed by atoms with Gasteiger partial charge in [-0.1, -0.05) is 38.1 Å². The second kappa shape index (κ2) is 7.14. The Labute approximate surface area is 125 Å². The summed E-state index contributed by atoms with van der Waals surface area (Å²) in [7, 11) is 0. The van der Waals surface area contributed by atoms with Crippen molar-refractivity contribution in [2.45, 2.75) is 38.6 Å². The summed E-state index contributed by atoms with van der Waals surface area (Å²) in [5, 5.41) is 6.45. The Morgan fingerprint density at radius 3 is 2.85 bits per heavy atom. The summed E-state index contributed by atoms with van der Waals surface area (Å²) < 4.78 is 0. The molecule has 0 saturated heterocycles. The Morgan fingerprint density at radius 1 is 1.35 bits per heavy atom. The van der Waals surface area contributed by atoms with Gasteiger partial charge >= 0.3 is 0 Å². The highest BCUT2D eigenvalue weighted by molar-refractivity contribution is 7.98. The first-order valence-electron chi connectivity index (χ1n) is 7.27. The monoisotopic (exact) mass is 292 g/mol. The minimum atomic E-state index is -0.162. The van der Waals surface area contributed by atoms with Gasteiger partial charge in [0, 0.05) is 24.1 Å². The maximum Gasteiger partial charge on any atom is 0.236 e. The Balaban J connectivity index is 1.95. The Morgan fingerprint density at radius 2 is 2.10 bits per heavy atom. The molecule has 0 saturated carbocycles. The third-order valence-electron chi connectivity index (χ3n) is 3.50. The summed E-state index contributed by atoms with van der Waals surface area (Å²) in [6, 6.07) is 8.62. The highest BCUT2D eigenvalue weighted by Gasteiger charge is 2.23. The first kappa shape index (κ1) is 15.4. The first-order valence-corrected chi connectivity index (χ1v) is 8.42. The Kier molecular flexibility index (Phi) is 5.49. The zero-order valence-corrected chi connectivity index (χ0v) is 13.3. The van der Waals surface area contributed by atoms with Crippen molar-refractivity contribution in [1.29, 1.82) is 0 Å². The van der Waals surface area contributed by atoms with Gasteiger partial charge in [-0.15, -0.1) is 0 Å². The molecule has 1 heterocycles. The minimum Gasteiger partial charge on any atom is -0.354 e. The zero-order chi connectivity index (χ0) is 14.5. The lowest BCUT2D eigenvalue weighted by atomic mass is 10.0. The quantitative estimate of drug-likeness (QED) is 0.877. The smallest absolute Gasteiger partial charge is 0.236 e. The number of nitrogens with one attached hydrogen (secondary N) is 2. The van der Waals surface area contributed by atoms with E-state index < -0.39 is 0 Å². The van der Waals surface area contributed by atoms with Crippen LogP contribution in [0.1, 0.15) is 37.9 Å². The fraction of sp³-hybridized carbons (Fsp3) is 0.562. The zero-order valence-electron chi connectivity index (χ0n) is 12.5. The van der Waals surface area contributed by atoms with Crippen LogP contribution in [0.25, 0.3) is 0 Å². The van der Waals surface area contributed by atoms with Crippen molar-refractivity contribution in [3.8, 4) is 0 Å². The predicted octanol–water partition coefficient (Wildman–Crippen LogP) is 2.72. The van der Waals surface area contributed by atoms with Crippen LogP contribution in [0.4, 0.5) is 0 Å². The van der Waals surface area contributed by atoms with Crippen LogP contribution in [0.3, 0.4) is 0 Å². The molecule has 2 unspecified atom stereocenters. The summed E-state index contributed by atoms with van der Waals surface area (Å²) in [4.78, 5) is 12.1. The molecular weight excluding hydrogens is 268 g/mol. The van der Waals surface area contributed by atoms with Gasteiger partial charge in [0.15, 0.2) is 0 Å². The van der Waals surface area contributed by atoms with Crippen LogP contribution in [0.2, 0.25) is 0 Å². The number of carbonyl (C=O) groups is 1.